The molecule has 1 atom stereocenters. The van der Waals surface area contributed by atoms with E-state index in [1.807, 2.05) is 27.0 Å². The van der Waals surface area contributed by atoms with Gasteiger partial charge in [-0.15, -0.1) is 0 Å². The van der Waals surface area contributed by atoms with Crippen LogP contribution in [0.1, 0.15) is 50.6 Å². The number of ether oxygens (including phenoxy) is 4. The van der Waals surface area contributed by atoms with Crippen molar-refractivity contribution in [3.63, 3.8) is 0 Å². The highest BCUT2D eigenvalue weighted by molar-refractivity contribution is 9.10. The summed E-state index contributed by atoms with van der Waals surface area (Å²) in [5.74, 6) is -5.40. The zero-order valence-electron chi connectivity index (χ0n) is 35.1. The summed E-state index contributed by atoms with van der Waals surface area (Å²) >= 11 is 3.08. The van der Waals surface area contributed by atoms with Crippen LogP contribution in [-0.2, 0) is 9.59 Å². The number of hydrogen-bond donors (Lipinski definition) is 3. The molecule has 0 radical (unpaired) electrons. The molecule has 0 bridgehead atoms. The van der Waals surface area contributed by atoms with E-state index in [1.54, 1.807) is 17.0 Å². The predicted molar refractivity (Wildman–Crippen MR) is 183 cm³/mol. The van der Waals surface area contributed by atoms with Crippen molar-refractivity contribution in [2.75, 3.05) is 65.0 Å². The van der Waals surface area contributed by atoms with Crippen LogP contribution in [0.4, 0.5) is 11.4 Å². The number of halogens is 1. The molecule has 3 aromatic carbocycles. The minimum atomic E-state index is -3.27. The minimum Gasteiger partial charge on any atom is -0.493 e. The Hall–Kier alpha value is -4.82. The van der Waals surface area contributed by atoms with Gasteiger partial charge in [-0.2, -0.15) is 0 Å². The van der Waals surface area contributed by atoms with Crippen molar-refractivity contribution >= 4 is 50.9 Å². The molecule has 13 nitrogen and oxygen atoms in total. The summed E-state index contributed by atoms with van der Waals surface area (Å²) in [4.78, 5) is 58.1. The zero-order valence-corrected chi connectivity index (χ0v) is 27.7. The highest BCUT2D eigenvalue weighted by Gasteiger charge is 2.33. The number of nitrogens with one attached hydrogen (secondary N) is 3. The molecule has 4 amide bonds. The lowest BCUT2D eigenvalue weighted by molar-refractivity contribution is -0.135. The number of amides is 4. The molecule has 2 aliphatic heterocycles. The van der Waals surface area contributed by atoms with E-state index < -0.39 is 72.2 Å². The van der Waals surface area contributed by atoms with Crippen molar-refractivity contribution in [1.29, 1.82) is 0 Å². The Morgan fingerprint density at radius 3 is 2.31 bits per heavy atom. The van der Waals surface area contributed by atoms with Gasteiger partial charge in [-0.1, -0.05) is 6.07 Å². The number of piperazine rings is 1. The molecule has 0 saturated carbocycles. The highest BCUT2D eigenvalue weighted by Crippen LogP contribution is 2.45. The second-order valence-electron chi connectivity index (χ2n) is 11.4. The molecule has 0 aromatic heterocycles. The van der Waals surface area contributed by atoms with Gasteiger partial charge in [-0.3, -0.25) is 19.2 Å². The van der Waals surface area contributed by atoms with Crippen LogP contribution in [0, 0.1) is 13.8 Å². The van der Waals surface area contributed by atoms with Crippen molar-refractivity contribution < 1.29 is 50.5 Å². The lowest BCUT2D eigenvalue weighted by Gasteiger charge is -2.33. The molecule has 5 rings (SSSR count). The number of methoxy groups -OCH3 is 3. The van der Waals surface area contributed by atoms with Crippen LogP contribution in [0.3, 0.4) is 0 Å². The van der Waals surface area contributed by atoms with E-state index in [2.05, 4.69) is 36.8 Å². The molecule has 1 fully saturated rings. The van der Waals surface area contributed by atoms with Gasteiger partial charge >= 0.3 is 0 Å². The molecule has 14 heteroatoms. The first-order chi connectivity index (χ1) is 26.4. The van der Waals surface area contributed by atoms with Crippen molar-refractivity contribution in [3.05, 3.63) is 63.1 Å². The van der Waals surface area contributed by atoms with Gasteiger partial charge in [0.05, 0.1) is 66.8 Å². The molecule has 0 spiro atoms. The fourth-order valence-electron chi connectivity index (χ4n) is 5.41. The largest absolute Gasteiger partial charge is 0.493 e. The smallest absolute Gasteiger partial charge is 0.257 e. The monoisotopic (exact) mass is 732 g/mol. The van der Waals surface area contributed by atoms with E-state index in [4.69, 9.17) is 31.3 Å². The molecule has 254 valence electrons. The number of rotatable bonds is 9. The fourth-order valence-corrected chi connectivity index (χ4v) is 5.96. The molecule has 3 N–H and O–H groups in total. The maximum atomic E-state index is 14.1. The Morgan fingerprint density at radius 1 is 0.938 bits per heavy atom. The third-order valence-corrected chi connectivity index (χ3v) is 8.64. The van der Waals surface area contributed by atoms with Gasteiger partial charge in [0.25, 0.3) is 11.8 Å². The lowest BCUT2D eigenvalue weighted by Crippen LogP contribution is -2.50. The highest BCUT2D eigenvalue weighted by atomic mass is 79.9. The van der Waals surface area contributed by atoms with E-state index in [-0.39, 0.29) is 35.0 Å². The summed E-state index contributed by atoms with van der Waals surface area (Å²) in [6.45, 7) is 5.85. The Bertz CT molecular complexity index is 2070. The van der Waals surface area contributed by atoms with Crippen molar-refractivity contribution in [2.24, 2.45) is 0 Å². The zero-order chi connectivity index (χ0) is 42.2. The Kier molecular flexibility index (Phi) is 7.36. The second kappa shape index (κ2) is 14.5. The number of carbonyl (C=O) groups excluding carboxylic acids is 4. The molecule has 0 unspecified atom stereocenters. The van der Waals surface area contributed by atoms with Crippen LogP contribution in [0.2, 0.25) is 0 Å². The Morgan fingerprint density at radius 2 is 1.62 bits per heavy atom. The Balaban J connectivity index is 1.58. The second-order valence-corrected chi connectivity index (χ2v) is 12.2. The molecule has 48 heavy (non-hydrogen) atoms. The van der Waals surface area contributed by atoms with Crippen LogP contribution in [-0.4, -0.2) is 93.8 Å². The van der Waals surface area contributed by atoms with E-state index in [0.29, 0.717) is 31.9 Å². The van der Waals surface area contributed by atoms with Gasteiger partial charge < -0.3 is 44.7 Å². The van der Waals surface area contributed by atoms with E-state index in [9.17, 15) is 19.2 Å². The SMILES string of the molecule is [2H]C([2H])([2H])Oc1cc(C(=O)Nc2cc3c(cc2Oc2cc(C)cc(C)c2)C(=O)N[C@@H](CC(=O)N2CCN(C)CC2)C(=O)N3)c(Br)c(OC([2H])([2H])[2H])c1OC([2H])([2H])[2H]. The van der Waals surface area contributed by atoms with Crippen LogP contribution in [0.15, 0.2) is 40.9 Å². The molecule has 2 heterocycles. The number of fused-ring (bicyclic) bond motifs is 1. The van der Waals surface area contributed by atoms with Gasteiger partial charge in [0.1, 0.15) is 11.8 Å². The summed E-state index contributed by atoms with van der Waals surface area (Å²) in [6.07, 6.45) is -0.318. The van der Waals surface area contributed by atoms with Gasteiger partial charge in [-0.25, -0.2) is 0 Å². The molecule has 1 saturated heterocycles. The number of likely N-dealkylation sites (N-methyl/N-ethyl adjacent to an activating group) is 1. The number of anilines is 2. The molecular weight excluding hydrogens is 686 g/mol. The van der Waals surface area contributed by atoms with Crippen molar-refractivity contribution in [1.82, 2.24) is 15.1 Å². The topological polar surface area (TPSA) is 148 Å². The van der Waals surface area contributed by atoms with Crippen LogP contribution < -0.4 is 34.9 Å². The number of carbonyl (C=O) groups is 4. The summed E-state index contributed by atoms with van der Waals surface area (Å²) in [7, 11) is -7.85. The first kappa shape index (κ1) is 24.3. The number of nitrogens with zero attached hydrogens (tertiary/aromatic N) is 2. The molecule has 3 aromatic rings. The maximum Gasteiger partial charge on any atom is 0.257 e. The third-order valence-electron chi connectivity index (χ3n) is 7.85. The third kappa shape index (κ3) is 7.34. The number of benzene rings is 3. The van der Waals surface area contributed by atoms with Gasteiger partial charge in [0.2, 0.25) is 17.6 Å². The average molecular weight is 734 g/mol. The Labute approximate surface area is 299 Å². The standard InChI is InChI=1S/C34H38BrN5O8/c1-18-11-19(2)13-20(12-18)48-26-14-21-23(36-34(44)25(38-32(21)42)17-28(41)40-9-7-39(3)8-10-40)16-24(26)37-33(43)22-15-27(45-4)30(46-5)31(47-6)29(22)35/h11-16,25H,7-10,17H2,1-6H3,(H,36,44)(H,37,43)(H,38,42)/t25-/m0/s1/i4D3,5D3,6D3. The quantitative estimate of drug-likeness (QED) is 0.292. The minimum absolute atomic E-state index is 0.0755. The van der Waals surface area contributed by atoms with Crippen LogP contribution in [0.25, 0.3) is 0 Å². The number of aryl methyl sites for hydroxylation is 2. The fraction of sp³-hybridized carbons (Fsp3) is 0.353. The van der Waals surface area contributed by atoms with Crippen molar-refractivity contribution in [2.45, 2.75) is 26.3 Å². The summed E-state index contributed by atoms with van der Waals surface area (Å²) < 4.78 is 89.1. The summed E-state index contributed by atoms with van der Waals surface area (Å²) in [5, 5.41) is 7.82. The van der Waals surface area contributed by atoms with Gasteiger partial charge in [0.15, 0.2) is 17.2 Å². The summed E-state index contributed by atoms with van der Waals surface area (Å²) in [6, 6.07) is 7.29. The van der Waals surface area contributed by atoms with E-state index >= 15 is 0 Å². The van der Waals surface area contributed by atoms with E-state index in [1.165, 1.54) is 12.1 Å². The molecule has 0 aliphatic carbocycles. The number of hydrogen-bond acceptors (Lipinski definition) is 9. The molecule has 2 aliphatic rings. The van der Waals surface area contributed by atoms with Gasteiger partial charge in [0, 0.05) is 26.2 Å². The molecular formula is C34H38BrN5O8. The van der Waals surface area contributed by atoms with Crippen LogP contribution >= 0.6 is 15.9 Å². The first-order valence-electron chi connectivity index (χ1n) is 19.1. The normalized spacial score (nSPS) is 19.8. The van der Waals surface area contributed by atoms with E-state index in [0.717, 1.165) is 17.2 Å². The lowest BCUT2D eigenvalue weighted by atomic mass is 10.1. The average Bonchev–Trinajstić information content (AvgIpc) is 3.16. The van der Waals surface area contributed by atoms with Crippen LogP contribution in [0.5, 0.6) is 28.7 Å². The van der Waals surface area contributed by atoms with Crippen molar-refractivity contribution in [3.8, 4) is 28.7 Å². The van der Waals surface area contributed by atoms with Gasteiger partial charge in [-0.05, 0) is 78.3 Å². The predicted octanol–water partition coefficient (Wildman–Crippen LogP) is 4.35. The first-order valence-corrected chi connectivity index (χ1v) is 15.4. The maximum absolute atomic E-state index is 14.1. The summed E-state index contributed by atoms with van der Waals surface area (Å²) in [5.41, 5.74) is 0.801.